The summed E-state index contributed by atoms with van der Waals surface area (Å²) in [6, 6.07) is 12.5. The monoisotopic (exact) mass is 538 g/mol. The normalized spacial score (nSPS) is 21.5. The molecule has 0 bridgehead atoms. The molecular formula is C29H31FN2O5S. The quantitative estimate of drug-likeness (QED) is 0.358. The molecule has 9 heteroatoms. The molecule has 1 saturated carbocycles. The molecule has 2 aliphatic rings. The third-order valence-corrected chi connectivity index (χ3v) is 8.96. The minimum absolute atomic E-state index is 0.0589. The van der Waals surface area contributed by atoms with Gasteiger partial charge in [0.1, 0.15) is 33.8 Å². The number of aryl methyl sites for hydroxylation is 1. The predicted molar refractivity (Wildman–Crippen MR) is 144 cm³/mol. The van der Waals surface area contributed by atoms with Crippen LogP contribution in [-0.2, 0) is 33.1 Å². The van der Waals surface area contributed by atoms with Crippen LogP contribution in [0.2, 0.25) is 0 Å². The third-order valence-electron chi connectivity index (χ3n) is 7.93. The number of carboxylic acid groups (broad SMARTS) is 1. The zero-order valence-corrected chi connectivity index (χ0v) is 22.4. The molecule has 5 rings (SSSR count). The number of carbonyl (C=O) groups is 1. The number of carboxylic acids is 1. The van der Waals surface area contributed by atoms with Gasteiger partial charge in [-0.15, -0.1) is 0 Å². The van der Waals surface area contributed by atoms with Crippen LogP contribution in [0.1, 0.15) is 35.6 Å². The largest absolute Gasteiger partial charge is 0.489 e. The first-order valence-electron chi connectivity index (χ1n) is 12.6. The molecule has 0 aliphatic heterocycles. The maximum atomic E-state index is 14.7. The van der Waals surface area contributed by atoms with Crippen molar-refractivity contribution >= 4 is 21.6 Å². The Morgan fingerprint density at radius 1 is 1.24 bits per heavy atom. The summed E-state index contributed by atoms with van der Waals surface area (Å²) in [5.74, 6) is 0.125. The van der Waals surface area contributed by atoms with Crippen LogP contribution in [0.5, 0.6) is 5.75 Å². The Bertz CT molecular complexity index is 1520. The van der Waals surface area contributed by atoms with Gasteiger partial charge in [-0.25, -0.2) is 17.8 Å². The van der Waals surface area contributed by atoms with Crippen LogP contribution >= 0.6 is 0 Å². The maximum Gasteiger partial charge on any atom is 0.307 e. The highest BCUT2D eigenvalue weighted by Crippen LogP contribution is 2.66. The number of nitrogens with zero attached hydrogens (tertiary/aromatic N) is 1. The number of sulfone groups is 1. The lowest BCUT2D eigenvalue weighted by Gasteiger charge is -2.15. The summed E-state index contributed by atoms with van der Waals surface area (Å²) >= 11 is 0. The van der Waals surface area contributed by atoms with Crippen LogP contribution in [0, 0.1) is 24.6 Å². The van der Waals surface area contributed by atoms with Crippen molar-refractivity contribution in [1.82, 2.24) is 4.98 Å². The predicted octanol–water partition coefficient (Wildman–Crippen LogP) is 4.77. The van der Waals surface area contributed by atoms with Crippen LogP contribution in [0.4, 0.5) is 10.2 Å². The van der Waals surface area contributed by atoms with E-state index in [1.54, 1.807) is 18.3 Å². The fourth-order valence-corrected chi connectivity index (χ4v) is 6.51. The number of hydrogen-bond donors (Lipinski definition) is 2. The summed E-state index contributed by atoms with van der Waals surface area (Å²) in [7, 11) is -2.99. The first kappa shape index (κ1) is 26.2. The van der Waals surface area contributed by atoms with Crippen molar-refractivity contribution in [2.24, 2.45) is 11.8 Å². The third kappa shape index (κ3) is 4.99. The fraction of sp³-hybridized carbons (Fsp3) is 0.379. The maximum absolute atomic E-state index is 14.7. The Morgan fingerprint density at radius 3 is 2.74 bits per heavy atom. The van der Waals surface area contributed by atoms with E-state index in [4.69, 9.17) is 4.74 Å². The molecule has 2 aliphatic carbocycles. The summed E-state index contributed by atoms with van der Waals surface area (Å²) in [5, 5.41) is 12.6. The number of aliphatic carboxylic acids is 1. The van der Waals surface area contributed by atoms with E-state index in [1.807, 2.05) is 38.1 Å². The zero-order valence-electron chi connectivity index (χ0n) is 21.6. The van der Waals surface area contributed by atoms with Gasteiger partial charge in [0.2, 0.25) is 0 Å². The van der Waals surface area contributed by atoms with Gasteiger partial charge in [0, 0.05) is 35.5 Å². The van der Waals surface area contributed by atoms with Gasteiger partial charge >= 0.3 is 5.97 Å². The van der Waals surface area contributed by atoms with Gasteiger partial charge in [0.05, 0.1) is 11.7 Å². The molecule has 38 heavy (non-hydrogen) atoms. The van der Waals surface area contributed by atoms with E-state index in [2.05, 4.69) is 10.3 Å². The first-order valence-corrected chi connectivity index (χ1v) is 14.7. The molecule has 0 radical (unpaired) electrons. The molecule has 1 heterocycles. The van der Waals surface area contributed by atoms with Gasteiger partial charge in [-0.1, -0.05) is 19.1 Å². The number of fused-ring (bicyclic) bond motifs is 3. The number of hydrogen-bond acceptors (Lipinski definition) is 6. The van der Waals surface area contributed by atoms with Crippen LogP contribution in [0.25, 0.3) is 11.1 Å². The molecule has 7 nitrogen and oxygen atoms in total. The molecule has 0 amide bonds. The Labute approximate surface area is 222 Å². The second kappa shape index (κ2) is 9.69. The molecule has 0 saturated heterocycles. The van der Waals surface area contributed by atoms with Crippen molar-refractivity contribution in [3.05, 3.63) is 76.7 Å². The Balaban J connectivity index is 1.25. The minimum atomic E-state index is -2.99. The van der Waals surface area contributed by atoms with Crippen LogP contribution in [0.15, 0.2) is 48.7 Å². The van der Waals surface area contributed by atoms with Gasteiger partial charge < -0.3 is 15.2 Å². The molecule has 200 valence electrons. The van der Waals surface area contributed by atoms with E-state index in [0.717, 1.165) is 34.2 Å². The number of pyridine rings is 1. The lowest BCUT2D eigenvalue weighted by molar-refractivity contribution is -0.139. The second-order valence-corrected chi connectivity index (χ2v) is 12.9. The van der Waals surface area contributed by atoms with Gasteiger partial charge in [-0.3, -0.25) is 4.79 Å². The number of anilines is 1. The smallest absolute Gasteiger partial charge is 0.307 e. The summed E-state index contributed by atoms with van der Waals surface area (Å²) in [6.07, 6.45) is 4.16. The molecule has 2 aromatic carbocycles. The minimum Gasteiger partial charge on any atom is -0.489 e. The van der Waals surface area contributed by atoms with Crippen LogP contribution < -0.4 is 10.1 Å². The molecule has 3 aromatic rings. The standard InChI is InChI=1S/C29H31FN2O5S/c1-17-11-26(31-9-4-10-38(3,35)36)32-15-22(17)18-5-8-25(30)20(12-18)16-37-21-6-7-23-19(13-21)14-24-27(28(33)34)29(23,24)2/h5-8,11-13,15,24,27H,4,9-10,14,16H2,1-3H3,(H,31,32)(H,33,34). The van der Waals surface area contributed by atoms with Crippen LogP contribution in [0.3, 0.4) is 0 Å². The summed E-state index contributed by atoms with van der Waals surface area (Å²) < 4.78 is 43.2. The lowest BCUT2D eigenvalue weighted by Crippen LogP contribution is -2.12. The topological polar surface area (TPSA) is 106 Å². The average Bonchev–Trinajstić information content (AvgIpc) is 3.34. The Morgan fingerprint density at radius 2 is 2.03 bits per heavy atom. The number of rotatable bonds is 10. The highest BCUT2D eigenvalue weighted by Gasteiger charge is 2.69. The average molecular weight is 539 g/mol. The van der Waals surface area contributed by atoms with Gasteiger partial charge in [-0.05, 0) is 78.3 Å². The van der Waals surface area contributed by atoms with E-state index < -0.39 is 15.8 Å². The second-order valence-electron chi connectivity index (χ2n) is 10.6. The number of aromatic nitrogens is 1. The van der Waals surface area contributed by atoms with Gasteiger partial charge in [-0.2, -0.15) is 0 Å². The van der Waals surface area contributed by atoms with Crippen molar-refractivity contribution in [1.29, 1.82) is 0 Å². The number of ether oxygens (including phenoxy) is 1. The molecule has 1 aromatic heterocycles. The summed E-state index contributed by atoms with van der Waals surface area (Å²) in [4.78, 5) is 16.0. The summed E-state index contributed by atoms with van der Waals surface area (Å²) in [6.45, 7) is 4.52. The van der Waals surface area contributed by atoms with Crippen molar-refractivity contribution in [3.8, 4) is 16.9 Å². The zero-order chi connectivity index (χ0) is 27.2. The first-order chi connectivity index (χ1) is 18.0. The van der Waals surface area contributed by atoms with E-state index in [9.17, 15) is 22.7 Å². The van der Waals surface area contributed by atoms with Crippen molar-refractivity contribution in [2.45, 2.75) is 38.7 Å². The van der Waals surface area contributed by atoms with Gasteiger partial charge in [0.25, 0.3) is 0 Å². The highest BCUT2D eigenvalue weighted by atomic mass is 32.2. The van der Waals surface area contributed by atoms with E-state index in [0.29, 0.717) is 30.1 Å². The van der Waals surface area contributed by atoms with Crippen molar-refractivity contribution < 1.29 is 27.4 Å². The number of halogens is 1. The molecule has 3 atom stereocenters. The Hall–Kier alpha value is -3.46. The van der Waals surface area contributed by atoms with E-state index >= 15 is 0 Å². The molecular weight excluding hydrogens is 507 g/mol. The summed E-state index contributed by atoms with van der Waals surface area (Å²) in [5.41, 5.74) is 4.94. The molecule has 2 N–H and O–H groups in total. The molecule has 0 spiro atoms. The van der Waals surface area contributed by atoms with E-state index in [1.165, 1.54) is 12.3 Å². The fourth-order valence-electron chi connectivity index (χ4n) is 5.84. The molecule has 1 fully saturated rings. The SMILES string of the molecule is Cc1cc(NCCCS(C)(=O)=O)ncc1-c1ccc(F)c(COc2ccc3c(c2)CC2C(C(=O)O)C32C)c1. The van der Waals surface area contributed by atoms with Gasteiger partial charge in [0.15, 0.2) is 0 Å². The lowest BCUT2D eigenvalue weighted by atomic mass is 9.93. The van der Waals surface area contributed by atoms with Crippen molar-refractivity contribution in [2.75, 3.05) is 23.9 Å². The Kier molecular flexibility index (Phi) is 6.67. The van der Waals surface area contributed by atoms with Crippen molar-refractivity contribution in [3.63, 3.8) is 0 Å². The highest BCUT2D eigenvalue weighted by molar-refractivity contribution is 7.90. The van der Waals surface area contributed by atoms with Crippen LogP contribution in [-0.4, -0.2) is 43.0 Å². The molecule has 3 unspecified atom stereocenters. The number of benzene rings is 2. The number of nitrogens with one attached hydrogen (secondary N) is 1. The van der Waals surface area contributed by atoms with E-state index in [-0.39, 0.29) is 35.4 Å².